The summed E-state index contributed by atoms with van der Waals surface area (Å²) in [6, 6.07) is 13.8. The fourth-order valence-electron chi connectivity index (χ4n) is 3.47. The number of hydrogen-bond donors (Lipinski definition) is 1. The molecule has 0 bridgehead atoms. The van der Waals surface area contributed by atoms with Crippen molar-refractivity contribution >= 4 is 11.5 Å². The van der Waals surface area contributed by atoms with E-state index in [9.17, 15) is 0 Å². The van der Waals surface area contributed by atoms with E-state index in [2.05, 4.69) is 10.3 Å². The Morgan fingerprint density at radius 3 is 2.53 bits per heavy atom. The Balaban J connectivity index is 1.63. The zero-order valence-corrected chi connectivity index (χ0v) is 17.3. The molecule has 2 aromatic heterocycles. The summed E-state index contributed by atoms with van der Waals surface area (Å²) >= 11 is 0. The molecule has 0 aliphatic heterocycles. The van der Waals surface area contributed by atoms with Gasteiger partial charge in [-0.25, -0.2) is 4.98 Å². The molecule has 1 N–H and O–H groups in total. The van der Waals surface area contributed by atoms with Crippen LogP contribution in [-0.4, -0.2) is 42.2 Å². The molecule has 0 aliphatic rings. The van der Waals surface area contributed by atoms with E-state index in [1.807, 2.05) is 53.1 Å². The Hall–Kier alpha value is -3.74. The van der Waals surface area contributed by atoms with Crippen molar-refractivity contribution < 1.29 is 14.2 Å². The van der Waals surface area contributed by atoms with Gasteiger partial charge in [-0.1, -0.05) is 18.2 Å². The number of para-hydroxylation sites is 1. The Kier molecular flexibility index (Phi) is 5.70. The summed E-state index contributed by atoms with van der Waals surface area (Å²) in [6.45, 7) is 0.716. The number of hydrogen-bond acceptors (Lipinski definition) is 6. The van der Waals surface area contributed by atoms with Gasteiger partial charge in [0.25, 0.3) is 0 Å². The number of ether oxygens (including phenoxy) is 3. The van der Waals surface area contributed by atoms with Crippen molar-refractivity contribution in [3.63, 3.8) is 0 Å². The first kappa shape index (κ1) is 19.6. The predicted molar refractivity (Wildman–Crippen MR) is 117 cm³/mol. The lowest BCUT2D eigenvalue weighted by Gasteiger charge is -2.12. The van der Waals surface area contributed by atoms with E-state index >= 15 is 0 Å². The summed E-state index contributed by atoms with van der Waals surface area (Å²) in [5.41, 5.74) is 3.67. The first-order valence-corrected chi connectivity index (χ1v) is 9.65. The van der Waals surface area contributed by atoms with Crippen LogP contribution in [-0.2, 0) is 6.42 Å². The third-order valence-corrected chi connectivity index (χ3v) is 4.95. The molecule has 4 rings (SSSR count). The van der Waals surface area contributed by atoms with Crippen molar-refractivity contribution in [2.24, 2.45) is 0 Å². The second kappa shape index (κ2) is 8.73. The Morgan fingerprint density at radius 1 is 0.933 bits per heavy atom. The highest BCUT2D eigenvalue weighted by Gasteiger charge is 2.17. The number of anilines is 1. The highest BCUT2D eigenvalue weighted by molar-refractivity contribution is 5.80. The molecule has 0 fully saturated rings. The van der Waals surface area contributed by atoms with E-state index in [1.165, 1.54) is 0 Å². The maximum absolute atomic E-state index is 5.55. The first-order valence-electron chi connectivity index (χ1n) is 9.65. The van der Waals surface area contributed by atoms with E-state index in [-0.39, 0.29) is 0 Å². The summed E-state index contributed by atoms with van der Waals surface area (Å²) in [4.78, 5) is 8.99. The molecule has 0 spiro atoms. The van der Waals surface area contributed by atoms with Gasteiger partial charge in [0.1, 0.15) is 17.3 Å². The molecule has 7 nitrogen and oxygen atoms in total. The van der Waals surface area contributed by atoms with E-state index in [1.54, 1.807) is 33.7 Å². The van der Waals surface area contributed by atoms with Gasteiger partial charge in [0.2, 0.25) is 0 Å². The average molecular weight is 404 g/mol. The van der Waals surface area contributed by atoms with Gasteiger partial charge in [-0.3, -0.25) is 9.38 Å². The monoisotopic (exact) mass is 404 g/mol. The predicted octanol–water partition coefficient (Wildman–Crippen LogP) is 4.08. The van der Waals surface area contributed by atoms with Crippen LogP contribution in [0.4, 0.5) is 5.82 Å². The van der Waals surface area contributed by atoms with Crippen molar-refractivity contribution in [2.45, 2.75) is 6.42 Å². The Morgan fingerprint density at radius 2 is 1.73 bits per heavy atom. The van der Waals surface area contributed by atoms with Gasteiger partial charge in [0.15, 0.2) is 17.1 Å². The zero-order valence-electron chi connectivity index (χ0n) is 17.3. The fourth-order valence-corrected chi connectivity index (χ4v) is 3.47. The van der Waals surface area contributed by atoms with Crippen LogP contribution in [0.5, 0.6) is 17.2 Å². The molecule has 0 unspecified atom stereocenters. The Labute approximate surface area is 175 Å². The van der Waals surface area contributed by atoms with Crippen LogP contribution >= 0.6 is 0 Å². The molecule has 2 aromatic carbocycles. The first-order chi connectivity index (χ1) is 14.7. The van der Waals surface area contributed by atoms with Crippen molar-refractivity contribution in [2.75, 3.05) is 33.2 Å². The smallest absolute Gasteiger partial charge is 0.160 e. The van der Waals surface area contributed by atoms with E-state index in [0.717, 1.165) is 52.0 Å². The second-order valence-corrected chi connectivity index (χ2v) is 6.68. The average Bonchev–Trinajstić information content (AvgIpc) is 3.17. The van der Waals surface area contributed by atoms with E-state index < -0.39 is 0 Å². The van der Waals surface area contributed by atoms with Crippen LogP contribution in [0, 0.1) is 0 Å². The van der Waals surface area contributed by atoms with Gasteiger partial charge in [0.05, 0.1) is 27.5 Å². The van der Waals surface area contributed by atoms with E-state index in [4.69, 9.17) is 19.2 Å². The molecule has 0 atom stereocenters. The number of nitrogens with one attached hydrogen (secondary N) is 1. The molecule has 0 saturated carbocycles. The lowest BCUT2D eigenvalue weighted by molar-refractivity contribution is 0.354. The lowest BCUT2D eigenvalue weighted by atomic mass is 10.1. The molecule has 154 valence electrons. The number of aromatic nitrogens is 3. The summed E-state index contributed by atoms with van der Waals surface area (Å²) in [5, 5.41) is 3.55. The SMILES string of the molecule is COc1ccc(CCNc2c(-c3ccccc3OC)nc3cnccn23)cc1OC. The van der Waals surface area contributed by atoms with Gasteiger partial charge < -0.3 is 19.5 Å². The summed E-state index contributed by atoms with van der Waals surface area (Å²) in [6.07, 6.45) is 6.21. The summed E-state index contributed by atoms with van der Waals surface area (Å²) in [7, 11) is 4.95. The van der Waals surface area contributed by atoms with Crippen molar-refractivity contribution in [3.8, 4) is 28.5 Å². The molecular formula is C23H24N4O3. The normalized spacial score (nSPS) is 10.8. The number of imidazole rings is 1. The van der Waals surface area contributed by atoms with Crippen molar-refractivity contribution in [3.05, 3.63) is 66.6 Å². The third kappa shape index (κ3) is 3.74. The van der Waals surface area contributed by atoms with Crippen LogP contribution in [0.15, 0.2) is 61.1 Å². The summed E-state index contributed by atoms with van der Waals surface area (Å²) < 4.78 is 18.3. The van der Waals surface area contributed by atoms with Gasteiger partial charge in [-0.2, -0.15) is 0 Å². The number of fused-ring (bicyclic) bond motifs is 1. The zero-order chi connectivity index (χ0) is 20.9. The molecule has 0 amide bonds. The van der Waals surface area contributed by atoms with Crippen LogP contribution < -0.4 is 19.5 Å². The Bertz CT molecular complexity index is 1160. The minimum absolute atomic E-state index is 0.716. The van der Waals surface area contributed by atoms with Gasteiger partial charge in [-0.15, -0.1) is 0 Å². The van der Waals surface area contributed by atoms with Gasteiger partial charge >= 0.3 is 0 Å². The molecule has 2 heterocycles. The minimum Gasteiger partial charge on any atom is -0.496 e. The van der Waals surface area contributed by atoms with Crippen molar-refractivity contribution in [1.29, 1.82) is 0 Å². The topological polar surface area (TPSA) is 69.9 Å². The number of rotatable bonds is 8. The molecule has 30 heavy (non-hydrogen) atoms. The van der Waals surface area contributed by atoms with Gasteiger partial charge in [0, 0.05) is 24.5 Å². The van der Waals surface area contributed by atoms with Crippen LogP contribution in [0.2, 0.25) is 0 Å². The standard InChI is InChI=1S/C23H24N4O3/c1-28-18-7-5-4-6-17(18)22-23(27-13-12-24-15-21(27)26-22)25-11-10-16-8-9-19(29-2)20(14-16)30-3/h4-9,12-15,25H,10-11H2,1-3H3. The van der Waals surface area contributed by atoms with Crippen molar-refractivity contribution in [1.82, 2.24) is 14.4 Å². The maximum atomic E-state index is 5.55. The maximum Gasteiger partial charge on any atom is 0.160 e. The van der Waals surface area contributed by atoms with Crippen LogP contribution in [0.25, 0.3) is 16.9 Å². The molecule has 0 aliphatic carbocycles. The highest BCUT2D eigenvalue weighted by atomic mass is 16.5. The molecule has 7 heteroatoms. The minimum atomic E-state index is 0.716. The number of benzene rings is 2. The second-order valence-electron chi connectivity index (χ2n) is 6.68. The molecule has 4 aromatic rings. The molecule has 0 radical (unpaired) electrons. The number of methoxy groups -OCH3 is 3. The highest BCUT2D eigenvalue weighted by Crippen LogP contribution is 2.35. The molecule has 0 saturated heterocycles. The van der Waals surface area contributed by atoms with Crippen LogP contribution in [0.1, 0.15) is 5.56 Å². The summed E-state index contributed by atoms with van der Waals surface area (Å²) in [5.74, 6) is 3.13. The van der Waals surface area contributed by atoms with Gasteiger partial charge in [-0.05, 0) is 36.2 Å². The molecular weight excluding hydrogens is 380 g/mol. The fraction of sp³-hybridized carbons (Fsp3) is 0.217. The number of nitrogens with zero attached hydrogens (tertiary/aromatic N) is 3. The largest absolute Gasteiger partial charge is 0.496 e. The third-order valence-electron chi connectivity index (χ3n) is 4.95. The quantitative estimate of drug-likeness (QED) is 0.477. The van der Waals surface area contributed by atoms with Crippen LogP contribution in [0.3, 0.4) is 0 Å². The van der Waals surface area contributed by atoms with E-state index in [0.29, 0.717) is 6.54 Å². The lowest BCUT2D eigenvalue weighted by Crippen LogP contribution is -2.08.